The summed E-state index contributed by atoms with van der Waals surface area (Å²) in [6.07, 6.45) is 5.47. The van der Waals surface area contributed by atoms with Crippen molar-refractivity contribution < 1.29 is 0 Å². The lowest BCUT2D eigenvalue weighted by Gasteiger charge is -2.22. The third-order valence-corrected chi connectivity index (χ3v) is 2.33. The summed E-state index contributed by atoms with van der Waals surface area (Å²) in [5.74, 6) is 0. The molecule has 0 aliphatic carbocycles. The molecule has 0 bridgehead atoms. The number of piperidine rings is 1. The maximum atomic E-state index is 3.49. The number of alkyl halides is 1. The standard InChI is InChI=1S/C7H14BrN/c8-5-4-7-3-1-2-6-9-7/h7,9H,1-6H2/t7-/m1/s1. The van der Waals surface area contributed by atoms with Crippen LogP contribution in [0.4, 0.5) is 0 Å². The van der Waals surface area contributed by atoms with E-state index < -0.39 is 0 Å². The fraction of sp³-hybridized carbons (Fsp3) is 1.00. The normalized spacial score (nSPS) is 28.3. The molecule has 0 unspecified atom stereocenters. The van der Waals surface area contributed by atoms with Crippen LogP contribution in [0.25, 0.3) is 0 Å². The molecular formula is C7H14BrN. The quantitative estimate of drug-likeness (QED) is 0.659. The Morgan fingerprint density at radius 1 is 1.44 bits per heavy atom. The zero-order chi connectivity index (χ0) is 6.53. The van der Waals surface area contributed by atoms with Crippen LogP contribution in [0.2, 0.25) is 0 Å². The van der Waals surface area contributed by atoms with Crippen molar-refractivity contribution in [3.63, 3.8) is 0 Å². The Morgan fingerprint density at radius 3 is 2.89 bits per heavy atom. The highest BCUT2D eigenvalue weighted by atomic mass is 79.9. The maximum Gasteiger partial charge on any atom is 0.00750 e. The van der Waals surface area contributed by atoms with Crippen molar-refractivity contribution in [3.8, 4) is 0 Å². The minimum atomic E-state index is 0.804. The summed E-state index contributed by atoms with van der Waals surface area (Å²) in [5.41, 5.74) is 0. The molecule has 1 N–H and O–H groups in total. The molecule has 1 saturated heterocycles. The highest BCUT2D eigenvalue weighted by Gasteiger charge is 2.10. The third kappa shape index (κ3) is 2.67. The molecule has 54 valence electrons. The molecule has 0 aromatic rings. The zero-order valence-corrected chi connectivity index (χ0v) is 7.28. The first-order valence-electron chi connectivity index (χ1n) is 3.73. The van der Waals surface area contributed by atoms with Gasteiger partial charge in [0, 0.05) is 11.4 Å². The summed E-state index contributed by atoms with van der Waals surface area (Å²) >= 11 is 3.44. The van der Waals surface area contributed by atoms with Crippen LogP contribution in [-0.4, -0.2) is 17.9 Å². The predicted octanol–water partition coefficient (Wildman–Crippen LogP) is 1.91. The van der Waals surface area contributed by atoms with Gasteiger partial charge in [0.1, 0.15) is 0 Å². The monoisotopic (exact) mass is 191 g/mol. The molecule has 1 nitrogen and oxygen atoms in total. The first-order chi connectivity index (χ1) is 4.43. The average molecular weight is 192 g/mol. The van der Waals surface area contributed by atoms with Crippen LogP contribution in [-0.2, 0) is 0 Å². The number of halogens is 1. The van der Waals surface area contributed by atoms with Crippen LogP contribution >= 0.6 is 15.9 Å². The highest BCUT2D eigenvalue weighted by Crippen LogP contribution is 2.10. The van der Waals surface area contributed by atoms with E-state index in [4.69, 9.17) is 0 Å². The fourth-order valence-electron chi connectivity index (χ4n) is 1.30. The average Bonchev–Trinajstić information content (AvgIpc) is 1.91. The van der Waals surface area contributed by atoms with Gasteiger partial charge < -0.3 is 5.32 Å². The van der Waals surface area contributed by atoms with E-state index in [0.29, 0.717) is 0 Å². The molecule has 0 saturated carbocycles. The lowest BCUT2D eigenvalue weighted by Crippen LogP contribution is -2.34. The van der Waals surface area contributed by atoms with Crippen molar-refractivity contribution >= 4 is 15.9 Å². The van der Waals surface area contributed by atoms with Gasteiger partial charge in [-0.3, -0.25) is 0 Å². The Labute approximate surface area is 65.3 Å². The van der Waals surface area contributed by atoms with Gasteiger partial charge in [0.25, 0.3) is 0 Å². The Balaban J connectivity index is 2.08. The predicted molar refractivity (Wildman–Crippen MR) is 44.1 cm³/mol. The first kappa shape index (κ1) is 7.55. The molecule has 0 aromatic carbocycles. The number of nitrogens with one attached hydrogen (secondary N) is 1. The molecule has 2 heteroatoms. The Morgan fingerprint density at radius 2 is 2.33 bits per heavy atom. The van der Waals surface area contributed by atoms with Gasteiger partial charge in [-0.2, -0.15) is 0 Å². The summed E-state index contributed by atoms with van der Waals surface area (Å²) in [4.78, 5) is 0. The topological polar surface area (TPSA) is 12.0 Å². The van der Waals surface area contributed by atoms with E-state index in [-0.39, 0.29) is 0 Å². The smallest absolute Gasteiger partial charge is 0.00750 e. The van der Waals surface area contributed by atoms with E-state index >= 15 is 0 Å². The van der Waals surface area contributed by atoms with Gasteiger partial charge in [0.15, 0.2) is 0 Å². The van der Waals surface area contributed by atoms with E-state index in [9.17, 15) is 0 Å². The summed E-state index contributed by atoms with van der Waals surface area (Å²) in [5, 5.41) is 4.63. The second kappa shape index (κ2) is 4.29. The summed E-state index contributed by atoms with van der Waals surface area (Å²) in [6, 6.07) is 0.804. The second-order valence-corrected chi connectivity index (χ2v) is 3.42. The van der Waals surface area contributed by atoms with Crippen molar-refractivity contribution in [2.45, 2.75) is 31.7 Å². The number of rotatable bonds is 2. The van der Waals surface area contributed by atoms with Crippen molar-refractivity contribution in [2.24, 2.45) is 0 Å². The van der Waals surface area contributed by atoms with Crippen molar-refractivity contribution in [2.75, 3.05) is 11.9 Å². The van der Waals surface area contributed by atoms with Gasteiger partial charge in [-0.15, -0.1) is 0 Å². The summed E-state index contributed by atoms with van der Waals surface area (Å²) < 4.78 is 0. The molecule has 1 aliphatic rings. The molecule has 0 aromatic heterocycles. The van der Waals surface area contributed by atoms with Gasteiger partial charge in [-0.25, -0.2) is 0 Å². The molecular weight excluding hydrogens is 178 g/mol. The molecule has 0 radical (unpaired) electrons. The van der Waals surface area contributed by atoms with Crippen molar-refractivity contribution in [1.82, 2.24) is 5.32 Å². The van der Waals surface area contributed by atoms with E-state index in [1.165, 1.54) is 32.2 Å². The molecule has 1 fully saturated rings. The van der Waals surface area contributed by atoms with Gasteiger partial charge in [-0.05, 0) is 25.8 Å². The fourth-order valence-corrected chi connectivity index (χ4v) is 1.85. The van der Waals surface area contributed by atoms with Gasteiger partial charge in [0.05, 0.1) is 0 Å². The largest absolute Gasteiger partial charge is 0.314 e. The summed E-state index contributed by atoms with van der Waals surface area (Å²) in [6.45, 7) is 1.23. The molecule has 0 amide bonds. The van der Waals surface area contributed by atoms with E-state index in [1.807, 2.05) is 0 Å². The van der Waals surface area contributed by atoms with Gasteiger partial charge >= 0.3 is 0 Å². The van der Waals surface area contributed by atoms with E-state index in [1.54, 1.807) is 0 Å². The van der Waals surface area contributed by atoms with Crippen LogP contribution < -0.4 is 5.32 Å². The molecule has 9 heavy (non-hydrogen) atoms. The van der Waals surface area contributed by atoms with Crippen LogP contribution in [0.3, 0.4) is 0 Å². The van der Waals surface area contributed by atoms with Crippen LogP contribution in [0.15, 0.2) is 0 Å². The highest BCUT2D eigenvalue weighted by molar-refractivity contribution is 9.09. The summed E-state index contributed by atoms with van der Waals surface area (Å²) in [7, 11) is 0. The number of hydrogen-bond acceptors (Lipinski definition) is 1. The van der Waals surface area contributed by atoms with Crippen LogP contribution in [0.5, 0.6) is 0 Å². The zero-order valence-electron chi connectivity index (χ0n) is 5.70. The minimum absolute atomic E-state index is 0.804. The van der Waals surface area contributed by atoms with Gasteiger partial charge in [0.2, 0.25) is 0 Å². The molecule has 1 rings (SSSR count). The lowest BCUT2D eigenvalue weighted by atomic mass is 10.0. The molecule has 1 aliphatic heterocycles. The lowest BCUT2D eigenvalue weighted by molar-refractivity contribution is 0.395. The second-order valence-electron chi connectivity index (χ2n) is 2.62. The number of hydrogen-bond donors (Lipinski definition) is 1. The van der Waals surface area contributed by atoms with Crippen LogP contribution in [0, 0.1) is 0 Å². The van der Waals surface area contributed by atoms with Crippen molar-refractivity contribution in [1.29, 1.82) is 0 Å². The first-order valence-corrected chi connectivity index (χ1v) is 4.85. The Kier molecular flexibility index (Phi) is 3.59. The Bertz CT molecular complexity index is 66.6. The SMILES string of the molecule is BrCC[C@H]1CCCCN1. The van der Waals surface area contributed by atoms with Crippen LogP contribution in [0.1, 0.15) is 25.7 Å². The molecule has 1 atom stereocenters. The van der Waals surface area contributed by atoms with E-state index in [2.05, 4.69) is 21.2 Å². The van der Waals surface area contributed by atoms with E-state index in [0.717, 1.165) is 11.4 Å². The third-order valence-electron chi connectivity index (χ3n) is 1.87. The van der Waals surface area contributed by atoms with Crippen molar-refractivity contribution in [3.05, 3.63) is 0 Å². The minimum Gasteiger partial charge on any atom is -0.314 e. The maximum absolute atomic E-state index is 3.49. The van der Waals surface area contributed by atoms with Gasteiger partial charge in [-0.1, -0.05) is 22.4 Å². The Hall–Kier alpha value is 0.440. The molecule has 0 spiro atoms. The molecule has 1 heterocycles.